The first-order chi connectivity index (χ1) is 12.7. The molecular formula is C18H14FN5OS. The van der Waals surface area contributed by atoms with Crippen LogP contribution in [0, 0.1) is 5.82 Å². The number of pyridine rings is 1. The second-order valence-corrected chi connectivity index (χ2v) is 6.57. The van der Waals surface area contributed by atoms with E-state index in [1.807, 2.05) is 29.5 Å². The molecule has 3 heterocycles. The molecule has 0 atom stereocenters. The Morgan fingerprint density at radius 1 is 1.15 bits per heavy atom. The van der Waals surface area contributed by atoms with Crippen molar-refractivity contribution in [2.75, 3.05) is 11.9 Å². The van der Waals surface area contributed by atoms with Crippen LogP contribution in [0.3, 0.4) is 0 Å². The van der Waals surface area contributed by atoms with Gasteiger partial charge in [0.15, 0.2) is 0 Å². The quantitative estimate of drug-likeness (QED) is 0.530. The molecule has 0 radical (unpaired) electrons. The molecule has 4 aromatic rings. The average Bonchev–Trinajstić information content (AvgIpc) is 3.34. The fourth-order valence-electron chi connectivity index (χ4n) is 2.45. The lowest BCUT2D eigenvalue weighted by Crippen LogP contribution is -2.17. The van der Waals surface area contributed by atoms with Crippen LogP contribution in [0.1, 0.15) is 5.01 Å². The number of hydrogen-bond acceptors (Lipinski definition) is 7. The van der Waals surface area contributed by atoms with E-state index in [4.69, 9.17) is 4.52 Å². The third-order valence-electron chi connectivity index (χ3n) is 3.78. The molecule has 0 bridgehead atoms. The second-order valence-electron chi connectivity index (χ2n) is 5.59. The van der Waals surface area contributed by atoms with Gasteiger partial charge in [0.05, 0.1) is 17.7 Å². The lowest BCUT2D eigenvalue weighted by Gasteiger charge is -2.16. The maximum Gasteiger partial charge on any atom is 0.259 e. The van der Waals surface area contributed by atoms with Crippen LogP contribution in [0.2, 0.25) is 0 Å². The summed E-state index contributed by atoms with van der Waals surface area (Å²) in [6.07, 6.45) is 3.44. The van der Waals surface area contributed by atoms with Gasteiger partial charge in [-0.05, 0) is 24.3 Å². The molecule has 0 saturated heterocycles. The third-order valence-corrected chi connectivity index (χ3v) is 4.55. The van der Waals surface area contributed by atoms with Gasteiger partial charge in [-0.25, -0.2) is 14.4 Å². The Labute approximate surface area is 153 Å². The Kier molecular flexibility index (Phi) is 4.40. The molecule has 0 aliphatic rings. The number of nitrogens with zero attached hydrogens (tertiary/aromatic N) is 5. The zero-order valence-electron chi connectivity index (χ0n) is 13.8. The average molecular weight is 367 g/mol. The minimum absolute atomic E-state index is 0.211. The lowest BCUT2D eigenvalue weighted by atomic mass is 10.2. The van der Waals surface area contributed by atoms with E-state index in [1.165, 1.54) is 6.07 Å². The summed E-state index contributed by atoms with van der Waals surface area (Å²) >= 11 is 1.60. The molecule has 6 nitrogen and oxygen atoms in total. The van der Waals surface area contributed by atoms with Gasteiger partial charge in [-0.2, -0.15) is 4.98 Å². The molecule has 130 valence electrons. The first kappa shape index (κ1) is 16.3. The summed E-state index contributed by atoms with van der Waals surface area (Å²) in [6, 6.07) is 10.0. The summed E-state index contributed by atoms with van der Waals surface area (Å²) in [6.45, 7) is 0.683. The number of thiazole rings is 1. The van der Waals surface area contributed by atoms with E-state index in [0.29, 0.717) is 23.6 Å². The van der Waals surface area contributed by atoms with Gasteiger partial charge in [0.1, 0.15) is 16.6 Å². The smallest absolute Gasteiger partial charge is 0.259 e. The van der Waals surface area contributed by atoms with E-state index in [9.17, 15) is 4.39 Å². The fourth-order valence-corrected chi connectivity index (χ4v) is 3.11. The first-order valence-corrected chi connectivity index (χ1v) is 8.73. The monoisotopic (exact) mass is 367 g/mol. The van der Waals surface area contributed by atoms with Crippen molar-refractivity contribution in [1.29, 1.82) is 0 Å². The van der Waals surface area contributed by atoms with E-state index in [2.05, 4.69) is 20.1 Å². The van der Waals surface area contributed by atoms with Gasteiger partial charge in [-0.15, -0.1) is 11.3 Å². The SMILES string of the molecule is CN(Cc1nccs1)c1ccc(-c2nc(-c3ccccc3F)no2)cn1. The van der Waals surface area contributed by atoms with Crippen molar-refractivity contribution in [1.82, 2.24) is 20.1 Å². The highest BCUT2D eigenvalue weighted by atomic mass is 32.1. The molecule has 0 spiro atoms. The Morgan fingerprint density at radius 2 is 2.04 bits per heavy atom. The molecular weight excluding hydrogens is 353 g/mol. The third kappa shape index (κ3) is 3.31. The molecule has 4 rings (SSSR count). The highest BCUT2D eigenvalue weighted by molar-refractivity contribution is 7.09. The van der Waals surface area contributed by atoms with Crippen molar-refractivity contribution >= 4 is 17.2 Å². The van der Waals surface area contributed by atoms with Gasteiger partial charge in [-0.3, -0.25) is 0 Å². The van der Waals surface area contributed by atoms with Gasteiger partial charge in [0.25, 0.3) is 5.89 Å². The van der Waals surface area contributed by atoms with Gasteiger partial charge >= 0.3 is 0 Å². The first-order valence-electron chi connectivity index (χ1n) is 7.85. The van der Waals surface area contributed by atoms with Crippen LogP contribution >= 0.6 is 11.3 Å². The second kappa shape index (κ2) is 7.01. The molecule has 0 unspecified atom stereocenters. The predicted molar refractivity (Wildman–Crippen MR) is 97.1 cm³/mol. The molecule has 0 fully saturated rings. The van der Waals surface area contributed by atoms with Crippen molar-refractivity contribution in [2.45, 2.75) is 6.54 Å². The van der Waals surface area contributed by atoms with Crippen LogP contribution in [-0.4, -0.2) is 27.2 Å². The van der Waals surface area contributed by atoms with Gasteiger partial charge in [0.2, 0.25) is 5.82 Å². The summed E-state index contributed by atoms with van der Waals surface area (Å²) in [5.41, 5.74) is 0.974. The topological polar surface area (TPSA) is 67.9 Å². The number of benzene rings is 1. The number of rotatable bonds is 5. The van der Waals surface area contributed by atoms with E-state index < -0.39 is 5.82 Å². The number of halogens is 1. The van der Waals surface area contributed by atoms with Crippen molar-refractivity contribution in [3.63, 3.8) is 0 Å². The Bertz CT molecular complexity index is 1000. The minimum Gasteiger partial charge on any atom is -0.353 e. The largest absolute Gasteiger partial charge is 0.353 e. The zero-order chi connectivity index (χ0) is 17.9. The van der Waals surface area contributed by atoms with Crippen LogP contribution in [0.4, 0.5) is 10.2 Å². The van der Waals surface area contributed by atoms with Crippen molar-refractivity contribution in [2.24, 2.45) is 0 Å². The van der Waals surface area contributed by atoms with Crippen LogP contribution in [0.25, 0.3) is 22.8 Å². The van der Waals surface area contributed by atoms with E-state index in [-0.39, 0.29) is 5.82 Å². The lowest BCUT2D eigenvalue weighted by molar-refractivity contribution is 0.431. The molecule has 3 aromatic heterocycles. The fraction of sp³-hybridized carbons (Fsp3) is 0.111. The van der Waals surface area contributed by atoms with Gasteiger partial charge in [-0.1, -0.05) is 17.3 Å². The predicted octanol–water partition coefficient (Wildman–Crippen LogP) is 4.03. The summed E-state index contributed by atoms with van der Waals surface area (Å²) in [4.78, 5) is 15.0. The van der Waals surface area contributed by atoms with Crippen LogP contribution in [0.5, 0.6) is 0 Å². The highest BCUT2D eigenvalue weighted by Crippen LogP contribution is 2.24. The highest BCUT2D eigenvalue weighted by Gasteiger charge is 2.14. The molecule has 0 saturated carbocycles. The Balaban J connectivity index is 1.53. The Morgan fingerprint density at radius 3 is 2.77 bits per heavy atom. The van der Waals surface area contributed by atoms with Crippen molar-refractivity contribution < 1.29 is 8.91 Å². The van der Waals surface area contributed by atoms with E-state index in [0.717, 1.165) is 10.8 Å². The normalized spacial score (nSPS) is 10.8. The van der Waals surface area contributed by atoms with Crippen molar-refractivity contribution in [3.8, 4) is 22.8 Å². The maximum absolute atomic E-state index is 13.8. The molecule has 0 N–H and O–H groups in total. The molecule has 26 heavy (non-hydrogen) atoms. The molecule has 0 amide bonds. The molecule has 0 aliphatic heterocycles. The van der Waals surface area contributed by atoms with E-state index >= 15 is 0 Å². The van der Waals surface area contributed by atoms with Crippen molar-refractivity contribution in [3.05, 3.63) is 65.0 Å². The summed E-state index contributed by atoms with van der Waals surface area (Å²) in [5.74, 6) is 0.919. The molecule has 1 aromatic carbocycles. The van der Waals surface area contributed by atoms with Crippen LogP contribution < -0.4 is 4.90 Å². The number of aromatic nitrogens is 4. The number of hydrogen-bond donors (Lipinski definition) is 0. The Hall–Kier alpha value is -3.13. The molecule has 0 aliphatic carbocycles. The zero-order valence-corrected chi connectivity index (χ0v) is 14.7. The van der Waals surface area contributed by atoms with Crippen LogP contribution in [-0.2, 0) is 6.54 Å². The van der Waals surface area contributed by atoms with Crippen LogP contribution in [0.15, 0.2) is 58.7 Å². The number of anilines is 1. The summed E-state index contributed by atoms with van der Waals surface area (Å²) in [7, 11) is 1.95. The summed E-state index contributed by atoms with van der Waals surface area (Å²) < 4.78 is 19.1. The molecule has 8 heteroatoms. The summed E-state index contributed by atoms with van der Waals surface area (Å²) in [5, 5.41) is 6.83. The standard InChI is InChI=1S/C18H14FN5OS/c1-24(11-16-20-8-9-26-16)15-7-6-12(10-21-15)18-22-17(23-25-18)13-4-2-3-5-14(13)19/h2-10H,11H2,1H3. The minimum atomic E-state index is -0.392. The van der Waals surface area contributed by atoms with Gasteiger partial charge < -0.3 is 9.42 Å². The van der Waals surface area contributed by atoms with E-state index in [1.54, 1.807) is 41.9 Å². The maximum atomic E-state index is 13.8. The van der Waals surface area contributed by atoms with Gasteiger partial charge in [0, 0.05) is 24.8 Å².